The summed E-state index contributed by atoms with van der Waals surface area (Å²) in [6, 6.07) is 0.399. The van der Waals surface area contributed by atoms with E-state index in [2.05, 4.69) is 5.32 Å². The first-order valence-corrected chi connectivity index (χ1v) is 7.93. The van der Waals surface area contributed by atoms with E-state index >= 15 is 0 Å². The number of amides is 2. The number of hydrogen-bond donors (Lipinski definition) is 1. The lowest BCUT2D eigenvalue weighted by Crippen LogP contribution is -2.50. The molecule has 0 bridgehead atoms. The molecule has 21 heavy (non-hydrogen) atoms. The lowest BCUT2D eigenvalue weighted by Gasteiger charge is -2.34. The number of hydrogen-bond acceptors (Lipinski definition) is 3. The molecule has 5 nitrogen and oxygen atoms in total. The van der Waals surface area contributed by atoms with Crippen LogP contribution in [-0.2, 0) is 9.59 Å². The number of likely N-dealkylation sites (tertiary alicyclic amines) is 2. The van der Waals surface area contributed by atoms with Gasteiger partial charge in [-0.3, -0.25) is 9.59 Å². The molecule has 2 aliphatic rings. The SMILES string of the molecule is CNC1CCCN(C(=O)CN2CCCCCCC2=O)C1.Cl. The number of nitrogens with zero attached hydrogens (tertiary/aromatic N) is 2. The molecule has 122 valence electrons. The van der Waals surface area contributed by atoms with Crippen molar-refractivity contribution in [2.45, 2.75) is 51.0 Å². The Morgan fingerprint density at radius 1 is 1.19 bits per heavy atom. The monoisotopic (exact) mass is 317 g/mol. The quantitative estimate of drug-likeness (QED) is 0.856. The maximum absolute atomic E-state index is 12.4. The molecular weight excluding hydrogens is 290 g/mol. The Morgan fingerprint density at radius 2 is 1.95 bits per heavy atom. The number of likely N-dealkylation sites (N-methyl/N-ethyl adjacent to an activating group) is 1. The summed E-state index contributed by atoms with van der Waals surface area (Å²) in [6.07, 6.45) is 7.08. The Morgan fingerprint density at radius 3 is 2.71 bits per heavy atom. The molecule has 2 rings (SSSR count). The molecule has 0 aliphatic carbocycles. The molecule has 0 saturated carbocycles. The van der Waals surface area contributed by atoms with Crippen LogP contribution >= 0.6 is 12.4 Å². The molecule has 2 heterocycles. The number of nitrogens with one attached hydrogen (secondary N) is 1. The zero-order valence-electron chi connectivity index (χ0n) is 13.0. The van der Waals surface area contributed by atoms with Crippen LogP contribution in [-0.4, -0.2) is 60.9 Å². The van der Waals surface area contributed by atoms with Crippen molar-refractivity contribution in [1.29, 1.82) is 0 Å². The standard InChI is InChI=1S/C15H27N3O2.ClH/c1-16-13-7-6-10-17(11-13)15(20)12-18-9-5-3-2-4-8-14(18)19;/h13,16H,2-12H2,1H3;1H. The number of piperidine rings is 1. The molecule has 1 unspecified atom stereocenters. The number of rotatable bonds is 3. The van der Waals surface area contributed by atoms with Gasteiger partial charge in [0.2, 0.25) is 11.8 Å². The molecule has 0 aromatic rings. The predicted octanol–water partition coefficient (Wildman–Crippen LogP) is 1.41. The topological polar surface area (TPSA) is 52.7 Å². The first kappa shape index (κ1) is 18.2. The second-order valence-electron chi connectivity index (χ2n) is 5.95. The van der Waals surface area contributed by atoms with Crippen molar-refractivity contribution in [1.82, 2.24) is 15.1 Å². The smallest absolute Gasteiger partial charge is 0.242 e. The largest absolute Gasteiger partial charge is 0.340 e. The highest BCUT2D eigenvalue weighted by Crippen LogP contribution is 2.14. The van der Waals surface area contributed by atoms with E-state index in [1.807, 2.05) is 11.9 Å². The number of carbonyl (C=O) groups excluding carboxylic acids is 2. The summed E-state index contributed by atoms with van der Waals surface area (Å²) < 4.78 is 0. The van der Waals surface area contributed by atoms with Crippen LogP contribution in [0.1, 0.15) is 44.9 Å². The van der Waals surface area contributed by atoms with Gasteiger partial charge in [-0.05, 0) is 32.7 Å². The van der Waals surface area contributed by atoms with Crippen molar-refractivity contribution in [2.75, 3.05) is 33.2 Å². The van der Waals surface area contributed by atoms with Crippen molar-refractivity contribution in [3.8, 4) is 0 Å². The van der Waals surface area contributed by atoms with Gasteiger partial charge in [-0.2, -0.15) is 0 Å². The van der Waals surface area contributed by atoms with E-state index in [4.69, 9.17) is 0 Å². The minimum Gasteiger partial charge on any atom is -0.340 e. The van der Waals surface area contributed by atoms with Gasteiger partial charge in [0.25, 0.3) is 0 Å². The fraction of sp³-hybridized carbons (Fsp3) is 0.867. The van der Waals surface area contributed by atoms with E-state index in [1.54, 1.807) is 4.90 Å². The summed E-state index contributed by atoms with van der Waals surface area (Å²) in [6.45, 7) is 2.62. The fourth-order valence-corrected chi connectivity index (χ4v) is 3.09. The van der Waals surface area contributed by atoms with E-state index in [1.165, 1.54) is 6.42 Å². The molecular formula is C15H28ClN3O2. The van der Waals surface area contributed by atoms with Gasteiger partial charge >= 0.3 is 0 Å². The summed E-state index contributed by atoms with van der Waals surface area (Å²) in [5, 5.41) is 3.25. The van der Waals surface area contributed by atoms with Crippen LogP contribution in [0, 0.1) is 0 Å². The summed E-state index contributed by atoms with van der Waals surface area (Å²) in [4.78, 5) is 28.1. The third-order valence-corrected chi connectivity index (χ3v) is 4.43. The molecule has 2 fully saturated rings. The lowest BCUT2D eigenvalue weighted by atomic mass is 10.1. The van der Waals surface area contributed by atoms with Crippen LogP contribution in [0.2, 0.25) is 0 Å². The van der Waals surface area contributed by atoms with Gasteiger partial charge in [-0.15, -0.1) is 12.4 Å². The average molecular weight is 318 g/mol. The van der Waals surface area contributed by atoms with Crippen molar-refractivity contribution < 1.29 is 9.59 Å². The van der Waals surface area contributed by atoms with Crippen molar-refractivity contribution in [3.05, 3.63) is 0 Å². The highest BCUT2D eigenvalue weighted by atomic mass is 35.5. The van der Waals surface area contributed by atoms with Gasteiger partial charge < -0.3 is 15.1 Å². The molecule has 1 atom stereocenters. The van der Waals surface area contributed by atoms with Gasteiger partial charge in [0, 0.05) is 32.1 Å². The Kier molecular flexibility index (Phi) is 8.04. The van der Waals surface area contributed by atoms with Crippen LogP contribution in [0.4, 0.5) is 0 Å². The fourth-order valence-electron chi connectivity index (χ4n) is 3.09. The van der Waals surface area contributed by atoms with Crippen molar-refractivity contribution in [3.63, 3.8) is 0 Å². The first-order chi connectivity index (χ1) is 9.70. The third-order valence-electron chi connectivity index (χ3n) is 4.43. The Bertz CT molecular complexity index is 352. The van der Waals surface area contributed by atoms with Crippen LogP contribution < -0.4 is 5.32 Å². The lowest BCUT2D eigenvalue weighted by molar-refractivity contribution is -0.141. The Balaban J connectivity index is 0.00000220. The normalized spacial score (nSPS) is 24.0. The summed E-state index contributed by atoms with van der Waals surface area (Å²) in [7, 11) is 1.94. The third kappa shape index (κ3) is 5.47. The molecule has 2 saturated heterocycles. The molecule has 6 heteroatoms. The van der Waals surface area contributed by atoms with E-state index in [0.717, 1.165) is 51.7 Å². The zero-order chi connectivity index (χ0) is 14.4. The molecule has 0 aromatic heterocycles. The maximum Gasteiger partial charge on any atom is 0.242 e. The first-order valence-electron chi connectivity index (χ1n) is 7.93. The molecule has 2 aliphatic heterocycles. The van der Waals surface area contributed by atoms with Gasteiger partial charge in [0.15, 0.2) is 0 Å². The molecule has 0 radical (unpaired) electrons. The van der Waals surface area contributed by atoms with Crippen LogP contribution in [0.15, 0.2) is 0 Å². The van der Waals surface area contributed by atoms with Crippen LogP contribution in [0.5, 0.6) is 0 Å². The minimum atomic E-state index is 0. The van der Waals surface area contributed by atoms with Gasteiger partial charge in [-0.1, -0.05) is 12.8 Å². The highest BCUT2D eigenvalue weighted by molar-refractivity contribution is 5.85. The summed E-state index contributed by atoms with van der Waals surface area (Å²) in [5.74, 6) is 0.263. The van der Waals surface area contributed by atoms with E-state index in [-0.39, 0.29) is 30.8 Å². The van der Waals surface area contributed by atoms with Gasteiger partial charge in [-0.25, -0.2) is 0 Å². The minimum absolute atomic E-state index is 0. The van der Waals surface area contributed by atoms with Crippen LogP contribution in [0.25, 0.3) is 0 Å². The van der Waals surface area contributed by atoms with Crippen molar-refractivity contribution in [2.24, 2.45) is 0 Å². The second kappa shape index (κ2) is 9.26. The Labute approximate surface area is 133 Å². The Hall–Kier alpha value is -0.810. The van der Waals surface area contributed by atoms with E-state index in [9.17, 15) is 9.59 Å². The zero-order valence-corrected chi connectivity index (χ0v) is 13.8. The van der Waals surface area contributed by atoms with Crippen molar-refractivity contribution >= 4 is 24.2 Å². The summed E-state index contributed by atoms with van der Waals surface area (Å²) in [5.41, 5.74) is 0. The van der Waals surface area contributed by atoms with E-state index < -0.39 is 0 Å². The maximum atomic E-state index is 12.4. The van der Waals surface area contributed by atoms with E-state index in [0.29, 0.717) is 12.5 Å². The average Bonchev–Trinajstić information content (AvgIpc) is 2.47. The summed E-state index contributed by atoms with van der Waals surface area (Å²) >= 11 is 0. The molecule has 1 N–H and O–H groups in total. The van der Waals surface area contributed by atoms with Gasteiger partial charge in [0.1, 0.15) is 0 Å². The number of carbonyl (C=O) groups is 2. The predicted molar refractivity (Wildman–Crippen MR) is 85.6 cm³/mol. The second-order valence-corrected chi connectivity index (χ2v) is 5.95. The number of halogens is 1. The van der Waals surface area contributed by atoms with Crippen LogP contribution in [0.3, 0.4) is 0 Å². The molecule has 0 spiro atoms. The highest BCUT2D eigenvalue weighted by Gasteiger charge is 2.25. The van der Waals surface area contributed by atoms with Gasteiger partial charge in [0.05, 0.1) is 6.54 Å². The molecule has 2 amide bonds. The molecule has 0 aromatic carbocycles.